The molecule has 0 aromatic heterocycles. The van der Waals surface area contributed by atoms with E-state index in [9.17, 15) is 14.4 Å². The monoisotopic (exact) mass is 426 g/mol. The molecule has 0 atom stereocenters. The Kier molecular flexibility index (Phi) is 8.64. The Morgan fingerprint density at radius 1 is 0.968 bits per heavy atom. The highest BCUT2D eigenvalue weighted by molar-refractivity contribution is 5.81. The molecule has 0 unspecified atom stereocenters. The van der Waals surface area contributed by atoms with Gasteiger partial charge >= 0.3 is 0 Å². The molecule has 0 aliphatic carbocycles. The minimum absolute atomic E-state index is 0.000568. The van der Waals surface area contributed by atoms with Gasteiger partial charge in [0, 0.05) is 58.2 Å². The summed E-state index contributed by atoms with van der Waals surface area (Å²) < 4.78 is 0. The third kappa shape index (κ3) is 6.92. The number of hydrogen-bond acceptors (Lipinski definition) is 4. The number of piperazine rings is 1. The van der Waals surface area contributed by atoms with Crippen molar-refractivity contribution in [2.75, 3.05) is 52.4 Å². The van der Waals surface area contributed by atoms with E-state index < -0.39 is 0 Å². The van der Waals surface area contributed by atoms with Crippen molar-refractivity contribution < 1.29 is 14.4 Å². The molecule has 0 saturated carbocycles. The maximum absolute atomic E-state index is 12.9. The maximum Gasteiger partial charge on any atom is 0.234 e. The molecule has 0 spiro atoms. The quantitative estimate of drug-likeness (QED) is 0.636. The lowest BCUT2D eigenvalue weighted by Crippen LogP contribution is -2.53. The first-order valence-electron chi connectivity index (χ1n) is 11.3. The van der Waals surface area contributed by atoms with Gasteiger partial charge in [0.1, 0.15) is 0 Å². The van der Waals surface area contributed by atoms with Gasteiger partial charge in [0.2, 0.25) is 17.7 Å². The molecule has 3 rings (SSSR count). The van der Waals surface area contributed by atoms with E-state index in [1.165, 1.54) is 5.56 Å². The summed E-state index contributed by atoms with van der Waals surface area (Å²) in [5.74, 6) is 0.370. The van der Waals surface area contributed by atoms with Crippen LogP contribution < -0.4 is 5.32 Å². The Bertz CT molecular complexity index is 751. The van der Waals surface area contributed by atoms with Crippen LogP contribution >= 0.6 is 0 Å². The Balaban J connectivity index is 1.36. The molecule has 2 fully saturated rings. The van der Waals surface area contributed by atoms with Crippen molar-refractivity contribution in [1.29, 1.82) is 0 Å². The predicted octanol–water partition coefficient (Wildman–Crippen LogP) is 1.30. The normalized spacial score (nSPS) is 17.9. The van der Waals surface area contributed by atoms with Gasteiger partial charge in [-0.1, -0.05) is 36.4 Å². The SMILES string of the molecule is C=CCNC(=O)CN1CCN(C(=O)C2CCN(C(=O)CCc3ccccc3)CC2)CC1. The van der Waals surface area contributed by atoms with Crippen LogP contribution in [0.25, 0.3) is 0 Å². The van der Waals surface area contributed by atoms with Gasteiger partial charge in [-0.2, -0.15) is 0 Å². The van der Waals surface area contributed by atoms with E-state index in [0.29, 0.717) is 58.8 Å². The van der Waals surface area contributed by atoms with Crippen LogP contribution in [-0.2, 0) is 20.8 Å². The molecule has 3 amide bonds. The van der Waals surface area contributed by atoms with Crippen LogP contribution in [0.2, 0.25) is 0 Å². The van der Waals surface area contributed by atoms with Gasteiger partial charge < -0.3 is 15.1 Å². The Morgan fingerprint density at radius 2 is 1.65 bits per heavy atom. The molecule has 1 aromatic rings. The second-order valence-electron chi connectivity index (χ2n) is 8.33. The molecule has 2 heterocycles. The molecule has 2 aliphatic heterocycles. The van der Waals surface area contributed by atoms with Gasteiger partial charge in [0.25, 0.3) is 0 Å². The number of amides is 3. The van der Waals surface area contributed by atoms with Crippen LogP contribution in [-0.4, -0.2) is 84.8 Å². The minimum atomic E-state index is -0.0102. The number of nitrogens with one attached hydrogen (secondary N) is 1. The summed E-state index contributed by atoms with van der Waals surface area (Å²) in [6, 6.07) is 10.1. The predicted molar refractivity (Wildman–Crippen MR) is 120 cm³/mol. The van der Waals surface area contributed by atoms with Crippen LogP contribution in [0.15, 0.2) is 43.0 Å². The zero-order valence-electron chi connectivity index (χ0n) is 18.3. The van der Waals surface area contributed by atoms with E-state index in [1.807, 2.05) is 40.1 Å². The molecule has 31 heavy (non-hydrogen) atoms. The Labute approximate surface area is 185 Å². The lowest BCUT2D eigenvalue weighted by atomic mass is 9.94. The largest absolute Gasteiger partial charge is 0.352 e. The van der Waals surface area contributed by atoms with Crippen LogP contribution in [0, 0.1) is 5.92 Å². The van der Waals surface area contributed by atoms with Crippen molar-refractivity contribution in [2.45, 2.75) is 25.7 Å². The number of carbonyl (C=O) groups excluding carboxylic acids is 3. The smallest absolute Gasteiger partial charge is 0.234 e. The fraction of sp³-hybridized carbons (Fsp3) is 0.542. The number of aryl methyl sites for hydroxylation is 1. The molecule has 1 aromatic carbocycles. The third-order valence-corrected chi connectivity index (χ3v) is 6.16. The average Bonchev–Trinajstić information content (AvgIpc) is 2.82. The number of hydrogen-bond donors (Lipinski definition) is 1. The third-order valence-electron chi connectivity index (χ3n) is 6.16. The lowest BCUT2D eigenvalue weighted by molar-refractivity contribution is -0.142. The first-order chi connectivity index (χ1) is 15.1. The summed E-state index contributed by atoms with van der Waals surface area (Å²) in [6.45, 7) is 8.49. The number of piperidine rings is 1. The summed E-state index contributed by atoms with van der Waals surface area (Å²) in [7, 11) is 0. The summed E-state index contributed by atoms with van der Waals surface area (Å²) in [5.41, 5.74) is 1.18. The summed E-state index contributed by atoms with van der Waals surface area (Å²) in [5, 5.41) is 2.79. The van der Waals surface area contributed by atoms with Crippen LogP contribution in [0.3, 0.4) is 0 Å². The fourth-order valence-corrected chi connectivity index (χ4v) is 4.26. The molecule has 2 aliphatic rings. The van der Waals surface area contributed by atoms with E-state index in [1.54, 1.807) is 6.08 Å². The van der Waals surface area contributed by atoms with E-state index in [4.69, 9.17) is 0 Å². The fourth-order valence-electron chi connectivity index (χ4n) is 4.26. The van der Waals surface area contributed by atoms with E-state index in [2.05, 4.69) is 16.8 Å². The van der Waals surface area contributed by atoms with Crippen molar-refractivity contribution >= 4 is 17.7 Å². The highest BCUT2D eigenvalue weighted by atomic mass is 16.2. The molecule has 0 radical (unpaired) electrons. The lowest BCUT2D eigenvalue weighted by Gasteiger charge is -2.38. The molecule has 168 valence electrons. The van der Waals surface area contributed by atoms with Crippen molar-refractivity contribution in [3.8, 4) is 0 Å². The van der Waals surface area contributed by atoms with Crippen LogP contribution in [0.4, 0.5) is 0 Å². The highest BCUT2D eigenvalue weighted by Crippen LogP contribution is 2.21. The van der Waals surface area contributed by atoms with Crippen molar-refractivity contribution in [1.82, 2.24) is 20.0 Å². The summed E-state index contributed by atoms with van der Waals surface area (Å²) in [6.07, 6.45) is 4.41. The van der Waals surface area contributed by atoms with E-state index in [-0.39, 0.29) is 23.6 Å². The molecular weight excluding hydrogens is 392 g/mol. The Morgan fingerprint density at radius 3 is 2.29 bits per heavy atom. The number of nitrogens with zero attached hydrogens (tertiary/aromatic N) is 3. The Hall–Kier alpha value is -2.67. The average molecular weight is 427 g/mol. The van der Waals surface area contributed by atoms with Gasteiger partial charge in [-0.25, -0.2) is 0 Å². The van der Waals surface area contributed by atoms with Crippen LogP contribution in [0.1, 0.15) is 24.8 Å². The van der Waals surface area contributed by atoms with Crippen molar-refractivity contribution in [3.63, 3.8) is 0 Å². The zero-order valence-corrected chi connectivity index (χ0v) is 18.3. The molecular formula is C24H34N4O3. The van der Waals surface area contributed by atoms with Crippen LogP contribution in [0.5, 0.6) is 0 Å². The van der Waals surface area contributed by atoms with Crippen molar-refractivity contribution in [3.05, 3.63) is 48.6 Å². The number of benzene rings is 1. The first kappa shape index (κ1) is 23.0. The molecule has 0 bridgehead atoms. The van der Waals surface area contributed by atoms with E-state index >= 15 is 0 Å². The molecule has 7 heteroatoms. The molecule has 2 saturated heterocycles. The van der Waals surface area contributed by atoms with Gasteiger partial charge in [0.15, 0.2) is 0 Å². The zero-order chi connectivity index (χ0) is 22.1. The van der Waals surface area contributed by atoms with E-state index in [0.717, 1.165) is 19.3 Å². The topological polar surface area (TPSA) is 73.0 Å². The molecule has 1 N–H and O–H groups in total. The number of rotatable bonds is 8. The minimum Gasteiger partial charge on any atom is -0.352 e. The first-order valence-corrected chi connectivity index (χ1v) is 11.3. The van der Waals surface area contributed by atoms with Gasteiger partial charge in [-0.05, 0) is 24.8 Å². The molecule has 7 nitrogen and oxygen atoms in total. The summed E-state index contributed by atoms with van der Waals surface area (Å²) in [4.78, 5) is 43.2. The van der Waals surface area contributed by atoms with Gasteiger partial charge in [-0.15, -0.1) is 6.58 Å². The number of likely N-dealkylation sites (tertiary alicyclic amines) is 1. The summed E-state index contributed by atoms with van der Waals surface area (Å²) >= 11 is 0. The van der Waals surface area contributed by atoms with Gasteiger partial charge in [0.05, 0.1) is 6.54 Å². The van der Waals surface area contributed by atoms with Crippen molar-refractivity contribution in [2.24, 2.45) is 5.92 Å². The highest BCUT2D eigenvalue weighted by Gasteiger charge is 2.31. The second kappa shape index (κ2) is 11.6. The van der Waals surface area contributed by atoms with Gasteiger partial charge in [-0.3, -0.25) is 19.3 Å². The maximum atomic E-state index is 12.9. The second-order valence-corrected chi connectivity index (χ2v) is 8.33. The number of carbonyl (C=O) groups is 3. The standard InChI is InChI=1S/C24H34N4O3/c1-2-12-25-22(29)19-26-15-17-28(18-16-26)24(31)21-10-13-27(14-11-21)23(30)9-8-20-6-4-3-5-7-20/h2-7,21H,1,8-19H2,(H,25,29).